The molecule has 0 fully saturated rings. The van der Waals surface area contributed by atoms with Crippen LogP contribution >= 0.6 is 0 Å². The fraction of sp³-hybridized carbons (Fsp3) is 0.118. The van der Waals surface area contributed by atoms with Gasteiger partial charge in [-0.3, -0.25) is 9.59 Å². The van der Waals surface area contributed by atoms with Gasteiger partial charge in [0.15, 0.2) is 0 Å². The molecule has 0 aliphatic carbocycles. The summed E-state index contributed by atoms with van der Waals surface area (Å²) in [5, 5.41) is 2.73. The first-order valence-corrected chi connectivity index (χ1v) is 6.82. The summed E-state index contributed by atoms with van der Waals surface area (Å²) in [5.41, 5.74) is 7.52. The number of carbonyl (C=O) groups excluding carboxylic acids is 3. The smallest absolute Gasteiger partial charge is 0.337 e. The molecule has 0 saturated heterocycles. The van der Waals surface area contributed by atoms with Crippen molar-refractivity contribution in [3.8, 4) is 0 Å². The Morgan fingerprint density at radius 2 is 1.52 bits per heavy atom. The van der Waals surface area contributed by atoms with E-state index in [1.165, 1.54) is 31.4 Å². The number of nitrogens with two attached hydrogens (primary N) is 1. The van der Waals surface area contributed by atoms with Crippen LogP contribution in [0.1, 0.15) is 36.6 Å². The van der Waals surface area contributed by atoms with Gasteiger partial charge in [-0.15, -0.1) is 0 Å². The lowest BCUT2D eigenvalue weighted by molar-refractivity contribution is 0.0600. The molecule has 0 heterocycles. The van der Waals surface area contributed by atoms with E-state index < -0.39 is 11.9 Å². The van der Waals surface area contributed by atoms with E-state index in [-0.39, 0.29) is 5.91 Å². The zero-order chi connectivity index (χ0) is 17.0. The van der Waals surface area contributed by atoms with E-state index in [0.717, 1.165) is 5.56 Å². The van der Waals surface area contributed by atoms with Crippen molar-refractivity contribution < 1.29 is 19.1 Å². The molecule has 2 aromatic carbocycles. The molecule has 6 heteroatoms. The highest BCUT2D eigenvalue weighted by Gasteiger charge is 2.12. The highest BCUT2D eigenvalue weighted by Crippen LogP contribution is 2.18. The number of anilines is 1. The Labute approximate surface area is 133 Å². The number of carbonyl (C=O) groups is 3. The van der Waals surface area contributed by atoms with E-state index in [2.05, 4.69) is 10.1 Å². The minimum absolute atomic E-state index is 0.324. The molecule has 0 spiro atoms. The quantitative estimate of drug-likeness (QED) is 0.845. The molecule has 0 aromatic heterocycles. The number of methoxy groups -OCH3 is 1. The number of aryl methyl sites for hydroxylation is 1. The number of benzene rings is 2. The van der Waals surface area contributed by atoms with Crippen LogP contribution in [0.15, 0.2) is 42.5 Å². The molecule has 0 aliphatic rings. The Morgan fingerprint density at radius 1 is 0.957 bits per heavy atom. The van der Waals surface area contributed by atoms with E-state index in [9.17, 15) is 14.4 Å². The normalized spacial score (nSPS) is 10.0. The number of hydrogen-bond donors (Lipinski definition) is 2. The van der Waals surface area contributed by atoms with Crippen LogP contribution in [-0.4, -0.2) is 24.9 Å². The number of rotatable bonds is 4. The first-order valence-electron chi connectivity index (χ1n) is 6.82. The zero-order valence-electron chi connectivity index (χ0n) is 12.8. The summed E-state index contributed by atoms with van der Waals surface area (Å²) < 4.78 is 4.66. The second-order valence-corrected chi connectivity index (χ2v) is 4.92. The first-order chi connectivity index (χ1) is 10.9. The van der Waals surface area contributed by atoms with E-state index in [4.69, 9.17) is 5.73 Å². The molecule has 2 amide bonds. The molecular weight excluding hydrogens is 296 g/mol. The maximum absolute atomic E-state index is 12.3. The second kappa shape index (κ2) is 6.74. The van der Waals surface area contributed by atoms with Gasteiger partial charge in [0.25, 0.3) is 5.91 Å². The summed E-state index contributed by atoms with van der Waals surface area (Å²) in [6.45, 7) is 1.81. The minimum atomic E-state index is -0.557. The third-order valence-corrected chi connectivity index (χ3v) is 3.34. The molecule has 2 rings (SSSR count). The predicted molar refractivity (Wildman–Crippen MR) is 85.4 cm³/mol. The SMILES string of the molecule is COC(=O)c1ccc(C)c(NC(=O)c2ccc(C(N)=O)cc2)c1. The Kier molecular flexibility index (Phi) is 4.75. The molecule has 2 aromatic rings. The van der Waals surface area contributed by atoms with Gasteiger partial charge in [-0.2, -0.15) is 0 Å². The number of ether oxygens (including phenoxy) is 1. The molecule has 6 nitrogen and oxygen atoms in total. The van der Waals surface area contributed by atoms with Crippen LogP contribution in [0.25, 0.3) is 0 Å². The molecule has 0 aliphatic heterocycles. The summed E-state index contributed by atoms with van der Waals surface area (Å²) >= 11 is 0. The van der Waals surface area contributed by atoms with Crippen LogP contribution < -0.4 is 11.1 Å². The highest BCUT2D eigenvalue weighted by molar-refractivity contribution is 6.06. The van der Waals surface area contributed by atoms with Gasteiger partial charge in [0, 0.05) is 16.8 Å². The first kappa shape index (κ1) is 16.2. The Balaban J connectivity index is 2.22. The second-order valence-electron chi connectivity index (χ2n) is 4.92. The van der Waals surface area contributed by atoms with E-state index >= 15 is 0 Å². The fourth-order valence-electron chi connectivity index (χ4n) is 1.98. The Hall–Kier alpha value is -3.15. The van der Waals surface area contributed by atoms with Gasteiger partial charge in [-0.05, 0) is 48.9 Å². The molecule has 0 radical (unpaired) electrons. The predicted octanol–water partition coefficient (Wildman–Crippen LogP) is 2.13. The third-order valence-electron chi connectivity index (χ3n) is 3.34. The lowest BCUT2D eigenvalue weighted by Crippen LogP contribution is -2.15. The molecule has 23 heavy (non-hydrogen) atoms. The molecule has 0 bridgehead atoms. The summed E-state index contributed by atoms with van der Waals surface area (Å²) in [5.74, 6) is -1.39. The van der Waals surface area contributed by atoms with Crippen LogP contribution in [0.3, 0.4) is 0 Å². The van der Waals surface area contributed by atoms with Crippen LogP contribution in [-0.2, 0) is 4.74 Å². The van der Waals surface area contributed by atoms with E-state index in [1.807, 2.05) is 6.92 Å². The summed E-state index contributed by atoms with van der Waals surface area (Å²) in [7, 11) is 1.29. The van der Waals surface area contributed by atoms with Gasteiger partial charge >= 0.3 is 5.97 Å². The van der Waals surface area contributed by atoms with Crippen LogP contribution in [0, 0.1) is 6.92 Å². The van der Waals surface area contributed by atoms with Crippen molar-refractivity contribution in [1.29, 1.82) is 0 Å². The fourth-order valence-corrected chi connectivity index (χ4v) is 1.98. The van der Waals surface area contributed by atoms with Crippen molar-refractivity contribution in [2.45, 2.75) is 6.92 Å². The molecule has 0 saturated carbocycles. The summed E-state index contributed by atoms with van der Waals surface area (Å²) in [6.07, 6.45) is 0. The third kappa shape index (κ3) is 3.74. The van der Waals surface area contributed by atoms with Gasteiger partial charge < -0.3 is 15.8 Å². The van der Waals surface area contributed by atoms with Gasteiger partial charge in [-0.1, -0.05) is 6.07 Å². The van der Waals surface area contributed by atoms with Gasteiger partial charge in [0.05, 0.1) is 12.7 Å². The standard InChI is InChI=1S/C17H16N2O4/c1-10-3-4-13(17(22)23-2)9-14(10)19-16(21)12-7-5-11(6-8-12)15(18)20/h3-9H,1-2H3,(H2,18,20)(H,19,21). The average Bonchev–Trinajstić information content (AvgIpc) is 2.56. The molecule has 0 atom stereocenters. The van der Waals surface area contributed by atoms with Crippen molar-refractivity contribution in [3.05, 3.63) is 64.7 Å². The molecule has 118 valence electrons. The van der Waals surface area contributed by atoms with Gasteiger partial charge in [-0.25, -0.2) is 4.79 Å². The molecular formula is C17H16N2O4. The van der Waals surface area contributed by atoms with Gasteiger partial charge in [0.1, 0.15) is 0 Å². The van der Waals surface area contributed by atoms with Crippen LogP contribution in [0.5, 0.6) is 0 Å². The number of hydrogen-bond acceptors (Lipinski definition) is 4. The average molecular weight is 312 g/mol. The summed E-state index contributed by atoms with van der Waals surface area (Å²) in [6, 6.07) is 10.9. The Bertz CT molecular complexity index is 767. The summed E-state index contributed by atoms with van der Waals surface area (Å²) in [4.78, 5) is 34.8. The van der Waals surface area contributed by atoms with Gasteiger partial charge in [0.2, 0.25) is 5.91 Å². The minimum Gasteiger partial charge on any atom is -0.465 e. The number of nitrogens with one attached hydrogen (secondary N) is 1. The van der Waals surface area contributed by atoms with Crippen LogP contribution in [0.4, 0.5) is 5.69 Å². The molecule has 3 N–H and O–H groups in total. The van der Waals surface area contributed by atoms with Crippen molar-refractivity contribution in [3.63, 3.8) is 0 Å². The van der Waals surface area contributed by atoms with Crippen molar-refractivity contribution in [1.82, 2.24) is 0 Å². The van der Waals surface area contributed by atoms with E-state index in [1.54, 1.807) is 18.2 Å². The maximum atomic E-state index is 12.3. The monoisotopic (exact) mass is 312 g/mol. The van der Waals surface area contributed by atoms with E-state index in [0.29, 0.717) is 22.4 Å². The zero-order valence-corrected chi connectivity index (χ0v) is 12.8. The largest absolute Gasteiger partial charge is 0.465 e. The van der Waals surface area contributed by atoms with Crippen molar-refractivity contribution in [2.24, 2.45) is 5.73 Å². The number of primary amides is 1. The Morgan fingerprint density at radius 3 is 2.09 bits per heavy atom. The lowest BCUT2D eigenvalue weighted by Gasteiger charge is -2.10. The number of amides is 2. The van der Waals surface area contributed by atoms with Crippen molar-refractivity contribution in [2.75, 3.05) is 12.4 Å². The highest BCUT2D eigenvalue weighted by atomic mass is 16.5. The van der Waals surface area contributed by atoms with Crippen molar-refractivity contribution >= 4 is 23.5 Å². The topological polar surface area (TPSA) is 98.5 Å². The lowest BCUT2D eigenvalue weighted by atomic mass is 10.1. The maximum Gasteiger partial charge on any atom is 0.337 e. The number of esters is 1. The molecule has 0 unspecified atom stereocenters. The van der Waals surface area contributed by atoms with Crippen LogP contribution in [0.2, 0.25) is 0 Å².